The maximum atomic E-state index is 12.3. The second kappa shape index (κ2) is 9.78. The van der Waals surface area contributed by atoms with Crippen molar-refractivity contribution in [1.29, 1.82) is 0 Å². The highest BCUT2D eigenvalue weighted by molar-refractivity contribution is 5.94. The molecule has 1 aromatic rings. The maximum Gasteiger partial charge on any atom is 0.251 e. The van der Waals surface area contributed by atoms with E-state index in [1.54, 1.807) is 0 Å². The van der Waals surface area contributed by atoms with Crippen LogP contribution in [0.4, 0.5) is 0 Å². The van der Waals surface area contributed by atoms with Crippen molar-refractivity contribution in [3.05, 3.63) is 29.8 Å². The van der Waals surface area contributed by atoms with Gasteiger partial charge in [0.25, 0.3) is 5.91 Å². The quantitative estimate of drug-likeness (QED) is 0.745. The van der Waals surface area contributed by atoms with Crippen molar-refractivity contribution in [1.82, 2.24) is 10.2 Å². The van der Waals surface area contributed by atoms with Gasteiger partial charge >= 0.3 is 0 Å². The third-order valence-corrected chi connectivity index (χ3v) is 4.56. The molecule has 0 aromatic heterocycles. The first kappa shape index (κ1) is 19.7. The van der Waals surface area contributed by atoms with Crippen LogP contribution in [-0.4, -0.2) is 55.3 Å². The molecule has 1 aromatic carbocycles. The Morgan fingerprint density at radius 3 is 2.48 bits per heavy atom. The van der Waals surface area contributed by atoms with Crippen LogP contribution in [0.25, 0.3) is 0 Å². The molecule has 1 N–H and O–H groups in total. The molecule has 0 aliphatic carbocycles. The van der Waals surface area contributed by atoms with Crippen molar-refractivity contribution < 1.29 is 14.3 Å². The lowest BCUT2D eigenvalue weighted by Gasteiger charge is -2.30. The highest BCUT2D eigenvalue weighted by Crippen LogP contribution is 2.16. The molecule has 1 heterocycles. The van der Waals surface area contributed by atoms with Crippen LogP contribution in [0.1, 0.15) is 50.9 Å². The summed E-state index contributed by atoms with van der Waals surface area (Å²) in [5.41, 5.74) is 0.658. The number of nitrogens with zero attached hydrogens (tertiary/aromatic N) is 1. The van der Waals surface area contributed by atoms with E-state index in [1.807, 2.05) is 24.3 Å². The van der Waals surface area contributed by atoms with Crippen molar-refractivity contribution in [2.24, 2.45) is 0 Å². The summed E-state index contributed by atoms with van der Waals surface area (Å²) in [4.78, 5) is 14.6. The predicted molar refractivity (Wildman–Crippen MR) is 100 cm³/mol. The van der Waals surface area contributed by atoms with E-state index in [0.29, 0.717) is 30.8 Å². The summed E-state index contributed by atoms with van der Waals surface area (Å²) in [7, 11) is 0. The fraction of sp³-hybridized carbons (Fsp3) is 0.650. The molecule has 0 bridgehead atoms. The van der Waals surface area contributed by atoms with Gasteiger partial charge in [0.15, 0.2) is 0 Å². The highest BCUT2D eigenvalue weighted by atomic mass is 16.5. The van der Waals surface area contributed by atoms with Crippen LogP contribution in [0.5, 0.6) is 5.75 Å². The van der Waals surface area contributed by atoms with Crippen molar-refractivity contribution in [3.63, 3.8) is 0 Å². The van der Waals surface area contributed by atoms with Gasteiger partial charge in [-0.05, 0) is 64.8 Å². The van der Waals surface area contributed by atoms with Crippen molar-refractivity contribution in [3.8, 4) is 5.75 Å². The molecule has 1 aliphatic rings. The average molecular weight is 348 g/mol. The summed E-state index contributed by atoms with van der Waals surface area (Å²) in [5.74, 6) is 0.732. The first-order valence-electron chi connectivity index (χ1n) is 9.35. The third kappa shape index (κ3) is 6.33. The molecule has 1 fully saturated rings. The Morgan fingerprint density at radius 2 is 1.92 bits per heavy atom. The second-order valence-corrected chi connectivity index (χ2v) is 7.15. The van der Waals surface area contributed by atoms with Crippen LogP contribution in [0.2, 0.25) is 0 Å². The number of nitrogens with one attached hydrogen (secondary N) is 1. The van der Waals surface area contributed by atoms with Crippen molar-refractivity contribution in [2.45, 2.75) is 58.7 Å². The molecule has 1 saturated heterocycles. The molecule has 1 atom stereocenters. The van der Waals surface area contributed by atoms with E-state index in [1.165, 1.54) is 0 Å². The molecule has 0 unspecified atom stereocenters. The smallest absolute Gasteiger partial charge is 0.251 e. The molecule has 5 heteroatoms. The first-order chi connectivity index (χ1) is 12.0. The van der Waals surface area contributed by atoms with Gasteiger partial charge in [-0.3, -0.25) is 9.69 Å². The number of hydrogen-bond donors (Lipinski definition) is 1. The van der Waals surface area contributed by atoms with E-state index >= 15 is 0 Å². The van der Waals surface area contributed by atoms with Gasteiger partial charge in [0.1, 0.15) is 12.4 Å². The lowest BCUT2D eigenvalue weighted by Crippen LogP contribution is -2.42. The molecular formula is C20H32N2O3. The van der Waals surface area contributed by atoms with E-state index in [9.17, 15) is 4.79 Å². The summed E-state index contributed by atoms with van der Waals surface area (Å²) in [6.45, 7) is 11.6. The zero-order valence-electron chi connectivity index (χ0n) is 16.0. The van der Waals surface area contributed by atoms with Crippen LogP contribution < -0.4 is 10.1 Å². The third-order valence-electron chi connectivity index (χ3n) is 4.56. The number of benzene rings is 1. The molecular weight excluding hydrogens is 316 g/mol. The monoisotopic (exact) mass is 348 g/mol. The maximum absolute atomic E-state index is 12.3. The van der Waals surface area contributed by atoms with Gasteiger partial charge in [-0.15, -0.1) is 0 Å². The topological polar surface area (TPSA) is 50.8 Å². The molecule has 0 saturated carbocycles. The summed E-state index contributed by atoms with van der Waals surface area (Å²) in [6.07, 6.45) is 2.37. The first-order valence-corrected chi connectivity index (χ1v) is 9.35. The summed E-state index contributed by atoms with van der Waals surface area (Å²) in [6, 6.07) is 8.25. The van der Waals surface area contributed by atoms with E-state index < -0.39 is 0 Å². The number of ether oxygens (including phenoxy) is 2. The zero-order valence-corrected chi connectivity index (χ0v) is 16.0. The molecule has 1 amide bonds. The Labute approximate surface area is 151 Å². The van der Waals surface area contributed by atoms with Crippen LogP contribution in [0.3, 0.4) is 0 Å². The zero-order chi connectivity index (χ0) is 18.2. The minimum Gasteiger partial charge on any atom is -0.491 e. The van der Waals surface area contributed by atoms with E-state index in [2.05, 4.69) is 37.9 Å². The lowest BCUT2D eigenvalue weighted by atomic mass is 10.2. The number of carbonyl (C=O) groups excluding carboxylic acids is 1. The average Bonchev–Trinajstić information content (AvgIpc) is 3.10. The number of rotatable bonds is 9. The number of hydrogen-bond acceptors (Lipinski definition) is 4. The van der Waals surface area contributed by atoms with Gasteiger partial charge in [-0.1, -0.05) is 0 Å². The Morgan fingerprint density at radius 1 is 1.24 bits per heavy atom. The Hall–Kier alpha value is -1.59. The van der Waals surface area contributed by atoms with Gasteiger partial charge in [0, 0.05) is 37.3 Å². The van der Waals surface area contributed by atoms with Crippen LogP contribution in [0, 0.1) is 0 Å². The molecule has 1 aliphatic heterocycles. The van der Waals surface area contributed by atoms with E-state index in [4.69, 9.17) is 9.47 Å². The summed E-state index contributed by atoms with van der Waals surface area (Å²) in [5, 5.41) is 2.99. The van der Waals surface area contributed by atoms with Gasteiger partial charge < -0.3 is 14.8 Å². The predicted octanol–water partition coefficient (Wildman–Crippen LogP) is 3.09. The van der Waals surface area contributed by atoms with Gasteiger partial charge in [0.05, 0.1) is 6.10 Å². The molecule has 0 spiro atoms. The molecule has 0 radical (unpaired) electrons. The standard InChI is InChI=1S/C20H32N2O3/c1-15(2)22(16(3)4)12-11-21-20(23)17-7-9-18(10-8-17)25-14-19-6-5-13-24-19/h7-10,15-16,19H,5-6,11-14H2,1-4H3,(H,21,23)/t19-/m0/s1. The SMILES string of the molecule is CC(C)N(CCNC(=O)c1ccc(OC[C@@H]2CCCO2)cc1)C(C)C. The normalized spacial score (nSPS) is 17.5. The largest absolute Gasteiger partial charge is 0.491 e. The van der Waals surface area contributed by atoms with Crippen LogP contribution in [-0.2, 0) is 4.74 Å². The Balaban J connectivity index is 1.75. The summed E-state index contributed by atoms with van der Waals surface area (Å²) < 4.78 is 11.3. The fourth-order valence-electron chi connectivity index (χ4n) is 3.18. The highest BCUT2D eigenvalue weighted by Gasteiger charge is 2.16. The van der Waals surface area contributed by atoms with Gasteiger partial charge in [0.2, 0.25) is 0 Å². The second-order valence-electron chi connectivity index (χ2n) is 7.15. The molecule has 25 heavy (non-hydrogen) atoms. The van der Waals surface area contributed by atoms with Gasteiger partial charge in [-0.2, -0.15) is 0 Å². The number of amides is 1. The number of carbonyl (C=O) groups is 1. The lowest BCUT2D eigenvalue weighted by molar-refractivity contribution is 0.0679. The van der Waals surface area contributed by atoms with Crippen molar-refractivity contribution in [2.75, 3.05) is 26.3 Å². The van der Waals surface area contributed by atoms with E-state index in [-0.39, 0.29) is 12.0 Å². The van der Waals surface area contributed by atoms with E-state index in [0.717, 1.165) is 31.7 Å². The van der Waals surface area contributed by atoms with Gasteiger partial charge in [-0.25, -0.2) is 0 Å². The fourth-order valence-corrected chi connectivity index (χ4v) is 3.18. The molecule has 5 nitrogen and oxygen atoms in total. The van der Waals surface area contributed by atoms with Crippen LogP contribution in [0.15, 0.2) is 24.3 Å². The summed E-state index contributed by atoms with van der Waals surface area (Å²) >= 11 is 0. The van der Waals surface area contributed by atoms with Crippen molar-refractivity contribution >= 4 is 5.91 Å². The Bertz CT molecular complexity index is 514. The molecule has 140 valence electrons. The molecule has 2 rings (SSSR count). The minimum absolute atomic E-state index is 0.0434. The Kier molecular flexibility index (Phi) is 7.72. The minimum atomic E-state index is -0.0434. The van der Waals surface area contributed by atoms with Crippen LogP contribution >= 0.6 is 0 Å².